The summed E-state index contributed by atoms with van der Waals surface area (Å²) in [4.78, 5) is 23.6. The predicted octanol–water partition coefficient (Wildman–Crippen LogP) is 3.71. The summed E-state index contributed by atoms with van der Waals surface area (Å²) in [6.45, 7) is 8.21. The lowest BCUT2D eigenvalue weighted by atomic mass is 9.83. The molecule has 144 valence electrons. The van der Waals surface area contributed by atoms with E-state index in [4.69, 9.17) is 0 Å². The molecule has 1 aromatic carbocycles. The fourth-order valence-corrected chi connectivity index (χ4v) is 4.44. The number of hydrogen-bond acceptors (Lipinski definition) is 6. The molecule has 4 rings (SSSR count). The van der Waals surface area contributed by atoms with Crippen molar-refractivity contribution in [2.24, 2.45) is 0 Å². The van der Waals surface area contributed by atoms with Crippen LogP contribution in [0.1, 0.15) is 30.8 Å². The number of hydrogen-bond donors (Lipinski definition) is 0. The molecule has 6 nitrogen and oxygen atoms in total. The average Bonchev–Trinajstić information content (AvgIpc) is 3.14. The molecule has 0 fully saturated rings. The quantitative estimate of drug-likeness (QED) is 0.497. The minimum absolute atomic E-state index is 0.0486. The summed E-state index contributed by atoms with van der Waals surface area (Å²) in [6, 6.07) is 10.3. The Morgan fingerprint density at radius 1 is 1.21 bits per heavy atom. The van der Waals surface area contributed by atoms with Crippen molar-refractivity contribution in [3.8, 4) is 0 Å². The number of carbonyl (C=O) groups is 1. The first-order valence-corrected chi connectivity index (χ1v) is 10.2. The summed E-state index contributed by atoms with van der Waals surface area (Å²) in [7, 11) is 2.01. The number of rotatable bonds is 4. The van der Waals surface area contributed by atoms with Crippen LogP contribution in [0.3, 0.4) is 0 Å². The van der Waals surface area contributed by atoms with Gasteiger partial charge in [0.15, 0.2) is 5.78 Å². The number of anilines is 1. The first-order chi connectivity index (χ1) is 13.3. The van der Waals surface area contributed by atoms with E-state index < -0.39 is 0 Å². The van der Waals surface area contributed by atoms with E-state index in [1.54, 1.807) is 10.6 Å². The van der Waals surface area contributed by atoms with Gasteiger partial charge in [0, 0.05) is 41.3 Å². The maximum atomic E-state index is 12.7. The van der Waals surface area contributed by atoms with Crippen LogP contribution in [0.5, 0.6) is 0 Å². The van der Waals surface area contributed by atoms with Gasteiger partial charge in [0.05, 0.1) is 5.75 Å². The van der Waals surface area contributed by atoms with Crippen molar-refractivity contribution in [2.75, 3.05) is 17.7 Å². The van der Waals surface area contributed by atoms with Crippen molar-refractivity contribution in [3.05, 3.63) is 59.1 Å². The van der Waals surface area contributed by atoms with Crippen LogP contribution in [0.25, 0.3) is 5.78 Å². The molecule has 3 aromatic rings. The molecule has 1 aliphatic rings. The van der Waals surface area contributed by atoms with Crippen molar-refractivity contribution in [2.45, 2.75) is 38.3 Å². The van der Waals surface area contributed by atoms with Crippen LogP contribution in [-0.2, 0) is 10.2 Å². The molecule has 28 heavy (non-hydrogen) atoms. The lowest BCUT2D eigenvalue weighted by Gasteiger charge is -2.23. The van der Waals surface area contributed by atoms with E-state index in [2.05, 4.69) is 45.9 Å². The summed E-state index contributed by atoms with van der Waals surface area (Å²) in [6.07, 6.45) is 1.76. The molecule has 0 saturated carbocycles. The normalized spacial score (nSPS) is 16.8. The highest BCUT2D eigenvalue weighted by atomic mass is 32.2. The van der Waals surface area contributed by atoms with Gasteiger partial charge in [-0.1, -0.05) is 43.8 Å². The first-order valence-electron chi connectivity index (χ1n) is 9.19. The molecule has 3 heterocycles. The van der Waals surface area contributed by atoms with Gasteiger partial charge in [-0.05, 0) is 31.5 Å². The summed E-state index contributed by atoms with van der Waals surface area (Å²) < 4.78 is 1.71. The molecule has 0 saturated heterocycles. The fraction of sp³-hybridized carbons (Fsp3) is 0.333. The number of para-hydroxylation sites is 1. The number of ketones is 1. The van der Waals surface area contributed by atoms with E-state index in [1.807, 2.05) is 39.1 Å². The third-order valence-corrected chi connectivity index (χ3v) is 6.04. The van der Waals surface area contributed by atoms with Crippen molar-refractivity contribution in [3.63, 3.8) is 0 Å². The number of benzene rings is 1. The zero-order valence-electron chi connectivity index (χ0n) is 16.7. The highest BCUT2D eigenvalue weighted by Crippen LogP contribution is 2.46. The zero-order chi connectivity index (χ0) is 20.1. The highest BCUT2D eigenvalue weighted by molar-refractivity contribution is 7.99. The van der Waals surface area contributed by atoms with Gasteiger partial charge in [-0.3, -0.25) is 4.79 Å². The van der Waals surface area contributed by atoms with Crippen LogP contribution in [0, 0.1) is 13.8 Å². The predicted molar refractivity (Wildman–Crippen MR) is 112 cm³/mol. The van der Waals surface area contributed by atoms with Gasteiger partial charge in [0.25, 0.3) is 5.78 Å². The Kier molecular flexibility index (Phi) is 4.50. The standard InChI is InChI=1S/C21H23N5OS/c1-13-10-14(2)26-19(22-13)23-20(24-26)28-12-15(27)11-18-21(3,4)16-8-6-7-9-17(16)25(18)5/h6-11H,12H2,1-5H3/b18-11+. The lowest BCUT2D eigenvalue weighted by Crippen LogP contribution is -2.24. The third-order valence-electron chi connectivity index (χ3n) is 5.18. The maximum absolute atomic E-state index is 12.7. The van der Waals surface area contributed by atoms with Crippen molar-refractivity contribution in [1.82, 2.24) is 19.6 Å². The molecule has 1 aliphatic heterocycles. The lowest BCUT2D eigenvalue weighted by molar-refractivity contribution is -0.112. The topological polar surface area (TPSA) is 63.4 Å². The number of allylic oxidation sites excluding steroid dienone is 2. The van der Waals surface area contributed by atoms with E-state index in [0.29, 0.717) is 16.7 Å². The zero-order valence-corrected chi connectivity index (χ0v) is 17.5. The molecule has 0 unspecified atom stereocenters. The summed E-state index contributed by atoms with van der Waals surface area (Å²) >= 11 is 1.34. The molecular weight excluding hydrogens is 370 g/mol. The van der Waals surface area contributed by atoms with Crippen LogP contribution in [0.2, 0.25) is 0 Å². The van der Waals surface area contributed by atoms with Crippen LogP contribution < -0.4 is 4.90 Å². The number of aryl methyl sites for hydroxylation is 2. The summed E-state index contributed by atoms with van der Waals surface area (Å²) in [5.74, 6) is 0.906. The van der Waals surface area contributed by atoms with E-state index in [0.717, 1.165) is 22.8 Å². The molecule has 0 amide bonds. The van der Waals surface area contributed by atoms with Crippen LogP contribution in [-0.4, -0.2) is 38.2 Å². The second-order valence-corrected chi connectivity index (χ2v) is 8.57. The monoisotopic (exact) mass is 393 g/mol. The Hall–Kier alpha value is -2.67. The van der Waals surface area contributed by atoms with Gasteiger partial charge in [0.1, 0.15) is 0 Å². The van der Waals surface area contributed by atoms with E-state index >= 15 is 0 Å². The van der Waals surface area contributed by atoms with Gasteiger partial charge < -0.3 is 4.90 Å². The smallest absolute Gasteiger partial charge is 0.253 e. The number of carbonyl (C=O) groups excluding carboxylic acids is 1. The van der Waals surface area contributed by atoms with Crippen LogP contribution in [0.4, 0.5) is 5.69 Å². The van der Waals surface area contributed by atoms with Crippen molar-refractivity contribution < 1.29 is 4.79 Å². The van der Waals surface area contributed by atoms with Gasteiger partial charge in [-0.2, -0.15) is 4.98 Å². The van der Waals surface area contributed by atoms with Gasteiger partial charge in [-0.15, -0.1) is 5.10 Å². The maximum Gasteiger partial charge on any atom is 0.253 e. The minimum Gasteiger partial charge on any atom is -0.347 e. The fourth-order valence-electron chi connectivity index (χ4n) is 3.80. The first kappa shape index (κ1) is 18.7. The summed E-state index contributed by atoms with van der Waals surface area (Å²) in [5.41, 5.74) is 5.07. The highest BCUT2D eigenvalue weighted by Gasteiger charge is 2.38. The Labute approximate surface area is 168 Å². The van der Waals surface area contributed by atoms with Gasteiger partial charge in [-0.25, -0.2) is 9.50 Å². The average molecular weight is 394 g/mol. The second-order valence-electron chi connectivity index (χ2n) is 7.63. The number of nitrogens with zero attached hydrogens (tertiary/aromatic N) is 5. The largest absolute Gasteiger partial charge is 0.347 e. The van der Waals surface area contributed by atoms with Gasteiger partial charge in [0.2, 0.25) is 5.16 Å². The molecule has 2 aromatic heterocycles. The number of thioether (sulfide) groups is 1. The van der Waals surface area contributed by atoms with E-state index in [9.17, 15) is 4.79 Å². The second kappa shape index (κ2) is 6.74. The number of aromatic nitrogens is 4. The van der Waals surface area contributed by atoms with E-state index in [-0.39, 0.29) is 11.2 Å². The minimum atomic E-state index is -0.203. The van der Waals surface area contributed by atoms with Crippen molar-refractivity contribution in [1.29, 1.82) is 0 Å². The molecule has 0 bridgehead atoms. The van der Waals surface area contributed by atoms with Crippen LogP contribution >= 0.6 is 11.8 Å². The Balaban J connectivity index is 1.53. The molecule has 0 atom stereocenters. The Bertz CT molecular complexity index is 1120. The molecule has 7 heteroatoms. The van der Waals surface area contributed by atoms with Crippen LogP contribution in [0.15, 0.2) is 47.3 Å². The van der Waals surface area contributed by atoms with Gasteiger partial charge >= 0.3 is 0 Å². The van der Waals surface area contributed by atoms with E-state index in [1.165, 1.54) is 17.3 Å². The number of likely N-dealkylation sites (N-methyl/N-ethyl adjacent to an activating group) is 1. The molecule has 0 spiro atoms. The molecular formula is C21H23N5OS. The molecule has 0 radical (unpaired) electrons. The molecule has 0 aliphatic carbocycles. The Morgan fingerprint density at radius 2 is 1.96 bits per heavy atom. The molecule has 0 N–H and O–H groups in total. The number of fused-ring (bicyclic) bond motifs is 2. The SMILES string of the molecule is Cc1cc(C)n2nc(SCC(=O)/C=C3/N(C)c4ccccc4C3(C)C)nc2n1. The Morgan fingerprint density at radius 3 is 2.71 bits per heavy atom. The summed E-state index contributed by atoms with van der Waals surface area (Å²) in [5, 5.41) is 5.02. The third kappa shape index (κ3) is 3.09. The van der Waals surface area contributed by atoms with Crippen molar-refractivity contribution >= 4 is 29.0 Å².